The van der Waals surface area contributed by atoms with Crippen LogP contribution in [0.4, 0.5) is 16.3 Å². The van der Waals surface area contributed by atoms with Crippen LogP contribution in [-0.4, -0.2) is 47.8 Å². The largest absolute Gasteiger partial charge is 0.353 e. The van der Waals surface area contributed by atoms with Crippen molar-refractivity contribution in [3.05, 3.63) is 48.7 Å². The fourth-order valence-electron chi connectivity index (χ4n) is 2.71. The van der Waals surface area contributed by atoms with Gasteiger partial charge in [-0.2, -0.15) is 0 Å². The summed E-state index contributed by atoms with van der Waals surface area (Å²) >= 11 is 1.77. The summed E-state index contributed by atoms with van der Waals surface area (Å²) in [6.07, 6.45) is 1.80. The van der Waals surface area contributed by atoms with E-state index < -0.39 is 0 Å². The number of pyridine rings is 1. The second-order valence-corrected chi connectivity index (χ2v) is 6.89. The molecule has 0 radical (unpaired) electrons. The van der Waals surface area contributed by atoms with Gasteiger partial charge in [-0.15, -0.1) is 11.8 Å². The van der Waals surface area contributed by atoms with Gasteiger partial charge >= 0.3 is 6.03 Å². The molecular weight excluding hydrogens is 320 g/mol. The first-order valence-electron chi connectivity index (χ1n) is 8.21. The lowest BCUT2D eigenvalue weighted by molar-refractivity contribution is 0.208. The van der Waals surface area contributed by atoms with E-state index in [0.29, 0.717) is 13.1 Å². The van der Waals surface area contributed by atoms with Gasteiger partial charge in [0.2, 0.25) is 0 Å². The van der Waals surface area contributed by atoms with Crippen LogP contribution in [0.2, 0.25) is 0 Å². The summed E-state index contributed by atoms with van der Waals surface area (Å²) in [4.78, 5) is 22.1. The summed E-state index contributed by atoms with van der Waals surface area (Å²) in [6.45, 7) is 5.13. The average Bonchev–Trinajstić information content (AvgIpc) is 2.63. The van der Waals surface area contributed by atoms with Gasteiger partial charge < -0.3 is 15.1 Å². The standard InChI is InChI=1S/C18H22N4OS/c1-2-24-16-7-5-6-15(14-16)20-18(23)22-12-10-21(11-13-22)17-8-3-4-9-19-17/h3-9,14H,2,10-13H2,1H3,(H,20,23). The zero-order valence-corrected chi connectivity index (χ0v) is 14.6. The van der Waals surface area contributed by atoms with Gasteiger partial charge in [0.15, 0.2) is 0 Å². The van der Waals surface area contributed by atoms with E-state index in [0.717, 1.165) is 30.3 Å². The molecule has 1 aliphatic heterocycles. The minimum absolute atomic E-state index is 0.0330. The summed E-state index contributed by atoms with van der Waals surface area (Å²) in [7, 11) is 0. The number of amides is 2. The molecule has 1 saturated heterocycles. The fourth-order valence-corrected chi connectivity index (χ4v) is 3.43. The zero-order valence-electron chi connectivity index (χ0n) is 13.8. The van der Waals surface area contributed by atoms with Gasteiger partial charge in [0, 0.05) is 43.0 Å². The highest BCUT2D eigenvalue weighted by Crippen LogP contribution is 2.21. The molecule has 3 rings (SSSR count). The summed E-state index contributed by atoms with van der Waals surface area (Å²) < 4.78 is 0. The molecule has 0 spiro atoms. The number of piperazine rings is 1. The average molecular weight is 342 g/mol. The van der Waals surface area contributed by atoms with Gasteiger partial charge in [-0.3, -0.25) is 0 Å². The number of rotatable bonds is 4. The second kappa shape index (κ2) is 8.06. The van der Waals surface area contributed by atoms with Crippen molar-refractivity contribution in [1.29, 1.82) is 0 Å². The van der Waals surface area contributed by atoms with Crippen molar-refractivity contribution in [3.8, 4) is 0 Å². The van der Waals surface area contributed by atoms with Crippen LogP contribution in [0.1, 0.15) is 6.92 Å². The van der Waals surface area contributed by atoms with Crippen LogP contribution in [0.15, 0.2) is 53.6 Å². The van der Waals surface area contributed by atoms with Crippen LogP contribution in [0.3, 0.4) is 0 Å². The predicted molar refractivity (Wildman–Crippen MR) is 99.9 cm³/mol. The van der Waals surface area contributed by atoms with Crippen LogP contribution >= 0.6 is 11.8 Å². The van der Waals surface area contributed by atoms with Crippen LogP contribution < -0.4 is 10.2 Å². The number of urea groups is 1. The number of carbonyl (C=O) groups excluding carboxylic acids is 1. The van der Waals surface area contributed by atoms with Crippen LogP contribution in [0, 0.1) is 0 Å². The molecule has 0 unspecified atom stereocenters. The second-order valence-electron chi connectivity index (χ2n) is 5.55. The minimum Gasteiger partial charge on any atom is -0.353 e. The van der Waals surface area contributed by atoms with E-state index in [1.54, 1.807) is 18.0 Å². The number of nitrogens with zero attached hydrogens (tertiary/aromatic N) is 3. The molecule has 0 saturated carbocycles. The van der Waals surface area contributed by atoms with Crippen molar-refractivity contribution in [3.63, 3.8) is 0 Å². The Kier molecular flexibility index (Phi) is 5.59. The van der Waals surface area contributed by atoms with Gasteiger partial charge in [-0.05, 0) is 36.1 Å². The first-order chi connectivity index (χ1) is 11.8. The molecule has 0 bridgehead atoms. The van der Waals surface area contributed by atoms with Crippen molar-refractivity contribution >= 4 is 29.3 Å². The lowest BCUT2D eigenvalue weighted by atomic mass is 10.3. The van der Waals surface area contributed by atoms with E-state index in [-0.39, 0.29) is 6.03 Å². The van der Waals surface area contributed by atoms with E-state index in [2.05, 4.69) is 28.2 Å². The highest BCUT2D eigenvalue weighted by molar-refractivity contribution is 7.99. The number of benzene rings is 1. The molecule has 126 valence electrons. The van der Waals surface area contributed by atoms with Gasteiger partial charge in [-0.25, -0.2) is 9.78 Å². The van der Waals surface area contributed by atoms with E-state index in [4.69, 9.17) is 0 Å². The summed E-state index contributed by atoms with van der Waals surface area (Å²) in [5, 5.41) is 3.00. The lowest BCUT2D eigenvalue weighted by Crippen LogP contribution is -2.50. The molecule has 1 aromatic heterocycles. The zero-order chi connectivity index (χ0) is 16.8. The predicted octanol–water partition coefficient (Wildman–Crippen LogP) is 3.55. The number of carbonyl (C=O) groups is 1. The molecule has 2 aromatic rings. The van der Waals surface area contributed by atoms with Gasteiger partial charge in [0.05, 0.1) is 0 Å². The Labute approximate surface area is 147 Å². The monoisotopic (exact) mass is 342 g/mol. The van der Waals surface area contributed by atoms with Gasteiger partial charge in [-0.1, -0.05) is 19.1 Å². The third kappa shape index (κ3) is 4.20. The van der Waals surface area contributed by atoms with E-state index in [1.165, 1.54) is 4.90 Å². The Bertz CT molecular complexity index is 672. The maximum atomic E-state index is 12.5. The topological polar surface area (TPSA) is 48.5 Å². The normalized spacial score (nSPS) is 14.5. The van der Waals surface area contributed by atoms with E-state index in [1.807, 2.05) is 41.3 Å². The van der Waals surface area contributed by atoms with Gasteiger partial charge in [0.1, 0.15) is 5.82 Å². The molecule has 5 nitrogen and oxygen atoms in total. The molecular formula is C18H22N4OS. The van der Waals surface area contributed by atoms with Gasteiger partial charge in [0.25, 0.3) is 0 Å². The quantitative estimate of drug-likeness (QED) is 0.863. The Morgan fingerprint density at radius 3 is 2.71 bits per heavy atom. The third-order valence-corrected chi connectivity index (χ3v) is 4.81. The van der Waals surface area contributed by atoms with Crippen LogP contribution in [-0.2, 0) is 0 Å². The fraction of sp³-hybridized carbons (Fsp3) is 0.333. The van der Waals surface area contributed by atoms with Crippen molar-refractivity contribution in [2.24, 2.45) is 0 Å². The Balaban J connectivity index is 1.54. The first kappa shape index (κ1) is 16.6. The number of hydrogen-bond acceptors (Lipinski definition) is 4. The lowest BCUT2D eigenvalue weighted by Gasteiger charge is -2.35. The number of aromatic nitrogens is 1. The Morgan fingerprint density at radius 1 is 1.17 bits per heavy atom. The van der Waals surface area contributed by atoms with Crippen molar-refractivity contribution in [2.75, 3.05) is 42.1 Å². The molecule has 1 aromatic carbocycles. The third-order valence-electron chi connectivity index (χ3n) is 3.94. The van der Waals surface area contributed by atoms with E-state index >= 15 is 0 Å². The SMILES string of the molecule is CCSc1cccc(NC(=O)N2CCN(c3ccccn3)CC2)c1. The number of hydrogen-bond donors (Lipinski definition) is 1. The summed E-state index contributed by atoms with van der Waals surface area (Å²) in [5.74, 6) is 1.99. The maximum Gasteiger partial charge on any atom is 0.321 e. The number of anilines is 2. The van der Waals surface area contributed by atoms with E-state index in [9.17, 15) is 4.79 Å². The maximum absolute atomic E-state index is 12.5. The Morgan fingerprint density at radius 2 is 2.00 bits per heavy atom. The Hall–Kier alpha value is -2.21. The first-order valence-corrected chi connectivity index (χ1v) is 9.19. The van der Waals surface area contributed by atoms with Crippen LogP contribution in [0.25, 0.3) is 0 Å². The summed E-state index contributed by atoms with van der Waals surface area (Å²) in [6, 6.07) is 13.9. The number of thioether (sulfide) groups is 1. The highest BCUT2D eigenvalue weighted by atomic mass is 32.2. The molecule has 0 atom stereocenters. The van der Waals surface area contributed by atoms with Crippen molar-refractivity contribution in [2.45, 2.75) is 11.8 Å². The molecule has 0 aliphatic carbocycles. The molecule has 2 heterocycles. The molecule has 24 heavy (non-hydrogen) atoms. The highest BCUT2D eigenvalue weighted by Gasteiger charge is 2.21. The van der Waals surface area contributed by atoms with Crippen molar-refractivity contribution < 1.29 is 4.79 Å². The van der Waals surface area contributed by atoms with Crippen molar-refractivity contribution in [1.82, 2.24) is 9.88 Å². The molecule has 1 fully saturated rings. The minimum atomic E-state index is -0.0330. The molecule has 1 aliphatic rings. The molecule has 6 heteroatoms. The smallest absolute Gasteiger partial charge is 0.321 e. The van der Waals surface area contributed by atoms with Crippen LogP contribution in [0.5, 0.6) is 0 Å². The molecule has 2 amide bonds. The molecule has 1 N–H and O–H groups in total. The number of nitrogens with one attached hydrogen (secondary N) is 1. The summed E-state index contributed by atoms with van der Waals surface area (Å²) in [5.41, 5.74) is 0.852.